The first kappa shape index (κ1) is 20.7. The van der Waals surface area contributed by atoms with Crippen LogP contribution in [-0.2, 0) is 27.3 Å². The first-order valence-corrected chi connectivity index (χ1v) is 11.9. The number of hydrogen-bond donors (Lipinski definition) is 1. The van der Waals surface area contributed by atoms with Crippen molar-refractivity contribution in [3.63, 3.8) is 0 Å². The van der Waals surface area contributed by atoms with Crippen molar-refractivity contribution in [3.05, 3.63) is 27.4 Å². The molecule has 31 heavy (non-hydrogen) atoms. The van der Waals surface area contributed by atoms with Gasteiger partial charge < -0.3 is 19.5 Å². The van der Waals surface area contributed by atoms with Crippen LogP contribution in [0.4, 0.5) is 0 Å². The Labute approximate surface area is 182 Å². The Hall–Kier alpha value is -2.22. The van der Waals surface area contributed by atoms with Crippen LogP contribution in [0.3, 0.4) is 0 Å². The summed E-state index contributed by atoms with van der Waals surface area (Å²) in [6.07, 6.45) is 8.85. The molecule has 1 aromatic heterocycles. The lowest BCUT2D eigenvalue weighted by Crippen LogP contribution is -2.46. The van der Waals surface area contributed by atoms with E-state index in [2.05, 4.69) is 4.98 Å². The zero-order chi connectivity index (χ0) is 21.4. The maximum atomic E-state index is 13.0. The number of piperidine rings is 1. The Morgan fingerprint density at radius 1 is 0.968 bits per heavy atom. The van der Waals surface area contributed by atoms with Gasteiger partial charge >= 0.3 is 0 Å². The van der Waals surface area contributed by atoms with Crippen LogP contribution in [0.15, 0.2) is 4.79 Å². The van der Waals surface area contributed by atoms with Crippen molar-refractivity contribution in [3.8, 4) is 0 Å². The second kappa shape index (κ2) is 8.73. The molecule has 1 aliphatic carbocycles. The molecule has 1 N–H and O–H groups in total. The number of likely N-dealkylation sites (tertiary alicyclic amines) is 1. The highest BCUT2D eigenvalue weighted by molar-refractivity contribution is 5.81. The van der Waals surface area contributed by atoms with Gasteiger partial charge in [0.05, 0.1) is 23.8 Å². The van der Waals surface area contributed by atoms with Gasteiger partial charge in [0.25, 0.3) is 11.5 Å². The lowest BCUT2D eigenvalue weighted by Gasteiger charge is -2.37. The van der Waals surface area contributed by atoms with E-state index < -0.39 is 0 Å². The molecular weight excluding hydrogens is 396 g/mol. The first-order chi connectivity index (χ1) is 15.1. The predicted octanol–water partition coefficient (Wildman–Crippen LogP) is 2.08. The highest BCUT2D eigenvalue weighted by Gasteiger charge is 2.37. The van der Waals surface area contributed by atoms with Crippen LogP contribution in [-0.4, -0.2) is 57.4 Å². The number of aromatic amines is 1. The average molecular weight is 429 g/mol. The van der Waals surface area contributed by atoms with Gasteiger partial charge in [-0.1, -0.05) is 12.8 Å². The molecule has 0 spiro atoms. The van der Waals surface area contributed by atoms with Gasteiger partial charge in [0.1, 0.15) is 11.9 Å². The fourth-order valence-corrected chi connectivity index (χ4v) is 5.66. The molecule has 1 saturated carbocycles. The normalized spacial score (nSPS) is 26.8. The number of nitrogens with zero attached hydrogens (tertiary/aromatic N) is 3. The molecule has 3 aliphatic heterocycles. The van der Waals surface area contributed by atoms with E-state index in [9.17, 15) is 14.4 Å². The summed E-state index contributed by atoms with van der Waals surface area (Å²) >= 11 is 0. The summed E-state index contributed by atoms with van der Waals surface area (Å²) in [7, 11) is 0. The number of carbonyl (C=O) groups is 2. The van der Waals surface area contributed by atoms with Crippen LogP contribution >= 0.6 is 0 Å². The highest BCUT2D eigenvalue weighted by atomic mass is 16.5. The van der Waals surface area contributed by atoms with E-state index in [1.165, 1.54) is 0 Å². The minimum Gasteiger partial charge on any atom is -0.368 e. The summed E-state index contributed by atoms with van der Waals surface area (Å²) < 4.78 is 5.62. The van der Waals surface area contributed by atoms with Crippen molar-refractivity contribution in [2.75, 3.05) is 19.7 Å². The number of amides is 2. The topological polar surface area (TPSA) is 95.6 Å². The molecule has 4 aliphatic rings. The number of carbonyl (C=O) groups excluding carboxylic acids is 2. The van der Waals surface area contributed by atoms with Crippen molar-refractivity contribution in [2.24, 2.45) is 5.92 Å². The second-order valence-electron chi connectivity index (χ2n) is 9.41. The average Bonchev–Trinajstić information content (AvgIpc) is 3.52. The number of nitrogens with one attached hydrogen (secondary N) is 1. The zero-order valence-corrected chi connectivity index (χ0v) is 18.1. The molecular formula is C23H32N4O4. The van der Waals surface area contributed by atoms with E-state index >= 15 is 0 Å². The molecule has 0 unspecified atom stereocenters. The Bertz CT molecular complexity index is 901. The van der Waals surface area contributed by atoms with Gasteiger partial charge in [-0.3, -0.25) is 14.4 Å². The lowest BCUT2D eigenvalue weighted by molar-refractivity contribution is -0.145. The molecule has 3 fully saturated rings. The van der Waals surface area contributed by atoms with E-state index in [0.717, 1.165) is 63.5 Å². The van der Waals surface area contributed by atoms with E-state index in [1.807, 2.05) is 9.80 Å². The summed E-state index contributed by atoms with van der Waals surface area (Å²) in [5, 5.41) is 0. The summed E-state index contributed by atoms with van der Waals surface area (Å²) in [5.74, 6) is 0.918. The van der Waals surface area contributed by atoms with Crippen molar-refractivity contribution in [2.45, 2.75) is 82.9 Å². The van der Waals surface area contributed by atoms with E-state index in [0.29, 0.717) is 44.0 Å². The lowest BCUT2D eigenvalue weighted by atomic mass is 9.98. The highest BCUT2D eigenvalue weighted by Crippen LogP contribution is 2.32. The number of H-pyrrole nitrogens is 1. The number of ether oxygens (including phenoxy) is 1. The number of fused-ring (bicyclic) bond motifs is 1. The zero-order valence-electron chi connectivity index (χ0n) is 18.1. The molecule has 1 aromatic rings. The first-order valence-electron chi connectivity index (χ1n) is 11.9. The molecule has 0 aromatic carbocycles. The van der Waals surface area contributed by atoms with Gasteiger partial charge in [0, 0.05) is 32.0 Å². The van der Waals surface area contributed by atoms with Gasteiger partial charge in [-0.05, 0) is 44.9 Å². The van der Waals surface area contributed by atoms with Gasteiger partial charge in [-0.25, -0.2) is 4.98 Å². The molecule has 8 nitrogen and oxygen atoms in total. The van der Waals surface area contributed by atoms with E-state index in [-0.39, 0.29) is 35.4 Å². The third-order valence-corrected chi connectivity index (χ3v) is 7.41. The third-order valence-electron chi connectivity index (χ3n) is 7.41. The minimum atomic E-state index is -0.361. The van der Waals surface area contributed by atoms with Crippen molar-refractivity contribution in [1.82, 2.24) is 19.8 Å². The SMILES string of the molecule is O=C(C1CCCC1)N1CCc2nc([C@H]3CCCCN3C(=O)[C@H]3CCCO3)[nH]c(=O)c2C1. The van der Waals surface area contributed by atoms with Crippen LogP contribution in [0.2, 0.25) is 0 Å². The fraction of sp³-hybridized carbons (Fsp3) is 0.739. The molecule has 168 valence electrons. The smallest absolute Gasteiger partial charge is 0.256 e. The predicted molar refractivity (Wildman–Crippen MR) is 113 cm³/mol. The summed E-state index contributed by atoms with van der Waals surface area (Å²) in [5.41, 5.74) is 1.22. The number of rotatable bonds is 3. The van der Waals surface area contributed by atoms with Gasteiger partial charge in [-0.15, -0.1) is 0 Å². The molecule has 2 saturated heterocycles. The Kier molecular flexibility index (Phi) is 5.82. The molecule has 0 bridgehead atoms. The largest absolute Gasteiger partial charge is 0.368 e. The Morgan fingerprint density at radius 2 is 1.77 bits per heavy atom. The van der Waals surface area contributed by atoms with Crippen LogP contribution in [0.5, 0.6) is 0 Å². The van der Waals surface area contributed by atoms with Crippen molar-refractivity contribution in [1.29, 1.82) is 0 Å². The second-order valence-corrected chi connectivity index (χ2v) is 9.41. The van der Waals surface area contributed by atoms with Gasteiger partial charge in [-0.2, -0.15) is 0 Å². The van der Waals surface area contributed by atoms with Gasteiger partial charge in [0.15, 0.2) is 0 Å². The number of aromatic nitrogens is 2. The molecule has 2 amide bonds. The van der Waals surface area contributed by atoms with E-state index in [4.69, 9.17) is 9.72 Å². The molecule has 8 heteroatoms. The fourth-order valence-electron chi connectivity index (χ4n) is 5.66. The van der Waals surface area contributed by atoms with Crippen LogP contribution in [0, 0.1) is 5.92 Å². The summed E-state index contributed by atoms with van der Waals surface area (Å²) in [4.78, 5) is 50.3. The van der Waals surface area contributed by atoms with Crippen LogP contribution in [0.1, 0.15) is 80.9 Å². The van der Waals surface area contributed by atoms with E-state index in [1.54, 1.807) is 0 Å². The molecule has 5 rings (SSSR count). The Morgan fingerprint density at radius 3 is 2.55 bits per heavy atom. The summed E-state index contributed by atoms with van der Waals surface area (Å²) in [6.45, 7) is 2.27. The molecule has 0 radical (unpaired) electrons. The number of hydrogen-bond acceptors (Lipinski definition) is 5. The monoisotopic (exact) mass is 428 g/mol. The Balaban J connectivity index is 1.36. The van der Waals surface area contributed by atoms with Crippen LogP contribution in [0.25, 0.3) is 0 Å². The minimum absolute atomic E-state index is 0.0240. The maximum Gasteiger partial charge on any atom is 0.256 e. The van der Waals surface area contributed by atoms with Gasteiger partial charge in [0.2, 0.25) is 5.91 Å². The molecule has 2 atom stereocenters. The van der Waals surface area contributed by atoms with Crippen molar-refractivity contribution >= 4 is 11.8 Å². The standard InChI is InChI=1S/C23H32N4O4/c28-21-16-14-26(22(29)15-6-1-2-7-15)12-10-17(16)24-20(25-21)18-8-3-4-11-27(18)23(30)19-9-5-13-31-19/h15,18-19H,1-14H2,(H,24,25,28)/t18-,19-/m1/s1. The quantitative estimate of drug-likeness (QED) is 0.795. The van der Waals surface area contributed by atoms with Crippen LogP contribution < -0.4 is 5.56 Å². The third kappa shape index (κ3) is 4.02. The maximum absolute atomic E-state index is 13.0. The summed E-state index contributed by atoms with van der Waals surface area (Å²) in [6, 6.07) is -0.207. The van der Waals surface area contributed by atoms with Crippen molar-refractivity contribution < 1.29 is 14.3 Å². The molecule has 4 heterocycles.